The summed E-state index contributed by atoms with van der Waals surface area (Å²) in [6.45, 7) is -0.0520. The van der Waals surface area contributed by atoms with Crippen molar-refractivity contribution >= 4 is 23.6 Å². The minimum Gasteiger partial charge on any atom is -0.347 e. The van der Waals surface area contributed by atoms with Gasteiger partial charge in [0.05, 0.1) is 0 Å². The Kier molecular flexibility index (Phi) is 5.84. The predicted molar refractivity (Wildman–Crippen MR) is 92.9 cm³/mol. The van der Waals surface area contributed by atoms with E-state index in [2.05, 4.69) is 0 Å². The molecule has 0 aliphatic heterocycles. The molecule has 0 aliphatic carbocycles. The molecule has 2 rings (SSSR count). The van der Waals surface area contributed by atoms with Gasteiger partial charge < -0.3 is 4.90 Å². The molecule has 0 bridgehead atoms. The van der Waals surface area contributed by atoms with E-state index in [9.17, 15) is 14.0 Å². The molecule has 0 heterocycles. The van der Waals surface area contributed by atoms with Crippen LogP contribution in [0.5, 0.6) is 0 Å². The van der Waals surface area contributed by atoms with Crippen LogP contribution in [0.4, 0.5) is 10.1 Å². The molecular formula is C19H19FN2O2. The van der Waals surface area contributed by atoms with Crippen LogP contribution in [0.15, 0.2) is 60.7 Å². The van der Waals surface area contributed by atoms with Gasteiger partial charge in [-0.05, 0) is 35.9 Å². The average Bonchev–Trinajstić information content (AvgIpc) is 2.59. The molecule has 0 saturated heterocycles. The molecule has 0 aromatic heterocycles. The van der Waals surface area contributed by atoms with Crippen molar-refractivity contribution in [1.82, 2.24) is 4.90 Å². The highest BCUT2D eigenvalue weighted by molar-refractivity contribution is 6.06. The van der Waals surface area contributed by atoms with E-state index in [0.29, 0.717) is 11.3 Å². The van der Waals surface area contributed by atoms with Crippen LogP contribution in [0.2, 0.25) is 0 Å². The molecule has 124 valence electrons. The summed E-state index contributed by atoms with van der Waals surface area (Å²) in [5, 5.41) is 0. The first kappa shape index (κ1) is 17.4. The summed E-state index contributed by atoms with van der Waals surface area (Å²) in [6, 6.07) is 14.8. The number of benzene rings is 2. The molecule has 0 fully saturated rings. The van der Waals surface area contributed by atoms with Crippen molar-refractivity contribution in [3.8, 4) is 0 Å². The number of para-hydroxylation sites is 1. The van der Waals surface area contributed by atoms with Gasteiger partial charge in [-0.3, -0.25) is 14.5 Å². The van der Waals surface area contributed by atoms with E-state index in [0.717, 1.165) is 0 Å². The number of carbonyl (C=O) groups excluding carboxylic acids is 2. The molecule has 5 heteroatoms. The Bertz CT molecular complexity index is 725. The smallest absolute Gasteiger partial charge is 0.251 e. The van der Waals surface area contributed by atoms with E-state index in [1.807, 2.05) is 6.07 Å². The lowest BCUT2D eigenvalue weighted by Crippen LogP contribution is -2.39. The maximum atomic E-state index is 12.9. The van der Waals surface area contributed by atoms with Crippen molar-refractivity contribution in [2.24, 2.45) is 0 Å². The zero-order chi connectivity index (χ0) is 17.5. The zero-order valence-corrected chi connectivity index (χ0v) is 13.6. The third-order valence-electron chi connectivity index (χ3n) is 3.41. The lowest BCUT2D eigenvalue weighted by atomic mass is 10.2. The number of amides is 2. The Hall–Kier alpha value is -2.95. The Morgan fingerprint density at radius 1 is 1.00 bits per heavy atom. The SMILES string of the molecule is CN(C)C(=O)CN(C(=O)/C=C/c1ccc(F)cc1)c1ccccc1. The maximum Gasteiger partial charge on any atom is 0.251 e. The van der Waals surface area contributed by atoms with Gasteiger partial charge in [-0.2, -0.15) is 0 Å². The van der Waals surface area contributed by atoms with E-state index in [1.165, 1.54) is 28.0 Å². The summed E-state index contributed by atoms with van der Waals surface area (Å²) in [6.07, 6.45) is 2.97. The maximum absolute atomic E-state index is 12.9. The Morgan fingerprint density at radius 3 is 2.21 bits per heavy atom. The molecule has 0 atom stereocenters. The lowest BCUT2D eigenvalue weighted by molar-refractivity contribution is -0.128. The first-order valence-corrected chi connectivity index (χ1v) is 7.47. The van der Waals surface area contributed by atoms with E-state index < -0.39 is 0 Å². The molecule has 24 heavy (non-hydrogen) atoms. The fourth-order valence-corrected chi connectivity index (χ4v) is 2.01. The van der Waals surface area contributed by atoms with Gasteiger partial charge in [-0.15, -0.1) is 0 Å². The van der Waals surface area contributed by atoms with Crippen LogP contribution in [0.1, 0.15) is 5.56 Å². The molecule has 0 N–H and O–H groups in total. The summed E-state index contributed by atoms with van der Waals surface area (Å²) in [7, 11) is 3.29. The molecule has 2 aromatic rings. The van der Waals surface area contributed by atoms with Crippen molar-refractivity contribution in [2.75, 3.05) is 25.5 Å². The number of halogens is 1. The molecular weight excluding hydrogens is 307 g/mol. The number of hydrogen-bond acceptors (Lipinski definition) is 2. The number of likely N-dealkylation sites (N-methyl/N-ethyl adjacent to an activating group) is 1. The van der Waals surface area contributed by atoms with Crippen LogP contribution in [-0.2, 0) is 9.59 Å². The molecule has 4 nitrogen and oxygen atoms in total. The summed E-state index contributed by atoms with van der Waals surface area (Å²) < 4.78 is 12.9. The van der Waals surface area contributed by atoms with Gasteiger partial charge in [0.1, 0.15) is 12.4 Å². The molecule has 2 aromatic carbocycles. The lowest BCUT2D eigenvalue weighted by Gasteiger charge is -2.22. The molecule has 2 amide bonds. The van der Waals surface area contributed by atoms with E-state index >= 15 is 0 Å². The fourth-order valence-electron chi connectivity index (χ4n) is 2.01. The summed E-state index contributed by atoms with van der Waals surface area (Å²) >= 11 is 0. The number of rotatable bonds is 5. The first-order chi connectivity index (χ1) is 11.5. The second-order valence-corrected chi connectivity index (χ2v) is 5.43. The number of nitrogens with zero attached hydrogens (tertiary/aromatic N) is 2. The van der Waals surface area contributed by atoms with Gasteiger partial charge in [0.25, 0.3) is 5.91 Å². The highest BCUT2D eigenvalue weighted by atomic mass is 19.1. The van der Waals surface area contributed by atoms with E-state index in [4.69, 9.17) is 0 Å². The van der Waals surface area contributed by atoms with Crippen LogP contribution in [0.25, 0.3) is 6.08 Å². The van der Waals surface area contributed by atoms with Crippen LogP contribution in [0, 0.1) is 5.82 Å². The van der Waals surface area contributed by atoms with E-state index in [1.54, 1.807) is 56.6 Å². The second-order valence-electron chi connectivity index (χ2n) is 5.43. The summed E-state index contributed by atoms with van der Waals surface area (Å²) in [4.78, 5) is 27.4. The van der Waals surface area contributed by atoms with Gasteiger partial charge in [0.2, 0.25) is 5.91 Å². The first-order valence-electron chi connectivity index (χ1n) is 7.47. The number of hydrogen-bond donors (Lipinski definition) is 0. The van der Waals surface area contributed by atoms with Crippen LogP contribution < -0.4 is 4.90 Å². The number of carbonyl (C=O) groups is 2. The fraction of sp³-hybridized carbons (Fsp3) is 0.158. The van der Waals surface area contributed by atoms with Crippen molar-refractivity contribution in [3.05, 3.63) is 72.1 Å². The van der Waals surface area contributed by atoms with E-state index in [-0.39, 0.29) is 24.2 Å². The minimum atomic E-state index is -0.332. The topological polar surface area (TPSA) is 40.6 Å². The van der Waals surface area contributed by atoms with Crippen molar-refractivity contribution in [2.45, 2.75) is 0 Å². The third kappa shape index (κ3) is 4.78. The van der Waals surface area contributed by atoms with Gasteiger partial charge in [-0.25, -0.2) is 4.39 Å². The Balaban J connectivity index is 2.20. The van der Waals surface area contributed by atoms with Gasteiger partial charge in [0, 0.05) is 25.9 Å². The molecule has 0 saturated carbocycles. The monoisotopic (exact) mass is 326 g/mol. The highest BCUT2D eigenvalue weighted by Gasteiger charge is 2.18. The predicted octanol–water partition coefficient (Wildman–Crippen LogP) is 2.96. The standard InChI is InChI=1S/C19H19FN2O2/c1-21(2)19(24)14-22(17-6-4-3-5-7-17)18(23)13-10-15-8-11-16(20)12-9-15/h3-13H,14H2,1-2H3/b13-10+. The zero-order valence-electron chi connectivity index (χ0n) is 13.6. The van der Waals surface area contributed by atoms with Crippen LogP contribution in [0.3, 0.4) is 0 Å². The van der Waals surface area contributed by atoms with Gasteiger partial charge in [-0.1, -0.05) is 30.3 Å². The van der Waals surface area contributed by atoms with Crippen molar-refractivity contribution in [1.29, 1.82) is 0 Å². The van der Waals surface area contributed by atoms with Crippen LogP contribution in [-0.4, -0.2) is 37.4 Å². The Labute approximate surface area is 140 Å². The van der Waals surface area contributed by atoms with Gasteiger partial charge >= 0.3 is 0 Å². The quantitative estimate of drug-likeness (QED) is 0.793. The molecule has 0 spiro atoms. The normalized spacial score (nSPS) is 10.6. The minimum absolute atomic E-state index is 0.0520. The van der Waals surface area contributed by atoms with Crippen LogP contribution >= 0.6 is 0 Å². The number of anilines is 1. The molecule has 0 radical (unpaired) electrons. The van der Waals surface area contributed by atoms with Gasteiger partial charge in [0.15, 0.2) is 0 Å². The third-order valence-corrected chi connectivity index (χ3v) is 3.41. The average molecular weight is 326 g/mol. The Morgan fingerprint density at radius 2 is 1.62 bits per heavy atom. The van der Waals surface area contributed by atoms with Crippen molar-refractivity contribution in [3.63, 3.8) is 0 Å². The summed E-state index contributed by atoms with van der Waals surface area (Å²) in [5.74, 6) is -0.830. The second kappa shape index (κ2) is 8.06. The van der Waals surface area contributed by atoms with Crippen molar-refractivity contribution < 1.29 is 14.0 Å². The summed E-state index contributed by atoms with van der Waals surface area (Å²) in [5.41, 5.74) is 1.35. The highest BCUT2D eigenvalue weighted by Crippen LogP contribution is 2.15. The molecule has 0 unspecified atom stereocenters. The molecule has 0 aliphatic rings. The largest absolute Gasteiger partial charge is 0.347 e.